The lowest BCUT2D eigenvalue weighted by atomic mass is 10.1. The number of para-hydroxylation sites is 1. The van der Waals surface area contributed by atoms with Crippen LogP contribution < -0.4 is 10.1 Å². The van der Waals surface area contributed by atoms with Gasteiger partial charge in [-0.25, -0.2) is 0 Å². The third-order valence-electron chi connectivity index (χ3n) is 2.97. The van der Waals surface area contributed by atoms with Gasteiger partial charge in [0, 0.05) is 4.47 Å². The molecule has 4 nitrogen and oxygen atoms in total. The van der Waals surface area contributed by atoms with Gasteiger partial charge < -0.3 is 10.1 Å². The number of amides is 1. The molecule has 0 spiro atoms. The first kappa shape index (κ1) is 17.1. The third kappa shape index (κ3) is 4.35. The molecule has 0 radical (unpaired) electrons. The van der Waals surface area contributed by atoms with Crippen molar-refractivity contribution >= 4 is 45.2 Å². The Morgan fingerprint density at radius 1 is 1.35 bits per heavy atom. The lowest BCUT2D eigenvalue weighted by molar-refractivity contribution is -0.112. The quantitative estimate of drug-likeness (QED) is 0.609. The molecule has 2 rings (SSSR count). The molecule has 0 bridgehead atoms. The fourth-order valence-corrected chi connectivity index (χ4v) is 2.49. The van der Waals surface area contributed by atoms with Crippen LogP contribution in [0.3, 0.4) is 0 Å². The largest absolute Gasteiger partial charge is 0.495 e. The number of methoxy groups -OCH3 is 1. The van der Waals surface area contributed by atoms with Gasteiger partial charge >= 0.3 is 0 Å². The molecule has 0 aliphatic rings. The standard InChI is InChI=1S/C17H12BrClN2O2/c1-23-16-7-6-11(9-14(16)19)8-12(10-20)17(22)21-15-5-3-2-4-13(15)18/h2-9H,1H3,(H,21,22). The second-order valence-electron chi connectivity index (χ2n) is 4.50. The van der Waals surface area contributed by atoms with Crippen LogP contribution in [0.1, 0.15) is 5.56 Å². The average Bonchev–Trinajstić information content (AvgIpc) is 2.54. The monoisotopic (exact) mass is 390 g/mol. The molecular weight excluding hydrogens is 380 g/mol. The Morgan fingerprint density at radius 2 is 2.09 bits per heavy atom. The zero-order valence-electron chi connectivity index (χ0n) is 12.1. The van der Waals surface area contributed by atoms with Crippen LogP contribution in [0.25, 0.3) is 6.08 Å². The second-order valence-corrected chi connectivity index (χ2v) is 5.76. The number of halogens is 2. The van der Waals surface area contributed by atoms with Crippen LogP contribution in [0.15, 0.2) is 52.5 Å². The van der Waals surface area contributed by atoms with E-state index in [0.29, 0.717) is 22.0 Å². The maximum atomic E-state index is 12.2. The van der Waals surface area contributed by atoms with Crippen molar-refractivity contribution in [2.45, 2.75) is 0 Å². The number of hydrogen-bond donors (Lipinski definition) is 1. The molecule has 1 amide bonds. The molecule has 2 aromatic carbocycles. The predicted octanol–water partition coefficient (Wildman–Crippen LogP) is 4.66. The normalized spacial score (nSPS) is 10.8. The minimum atomic E-state index is -0.494. The van der Waals surface area contributed by atoms with Crippen molar-refractivity contribution in [1.29, 1.82) is 5.26 Å². The van der Waals surface area contributed by atoms with Gasteiger partial charge in [0.05, 0.1) is 17.8 Å². The lowest BCUT2D eigenvalue weighted by Crippen LogP contribution is -2.13. The number of carbonyl (C=O) groups is 1. The second kappa shape index (κ2) is 7.82. The molecule has 0 heterocycles. The Balaban J connectivity index is 2.25. The van der Waals surface area contributed by atoms with E-state index in [4.69, 9.17) is 16.3 Å². The van der Waals surface area contributed by atoms with E-state index in [0.717, 1.165) is 4.47 Å². The molecule has 0 aliphatic heterocycles. The topological polar surface area (TPSA) is 62.1 Å². The number of carbonyl (C=O) groups excluding carboxylic acids is 1. The number of nitrogens with one attached hydrogen (secondary N) is 1. The van der Waals surface area contributed by atoms with E-state index in [1.165, 1.54) is 13.2 Å². The van der Waals surface area contributed by atoms with Gasteiger partial charge in [-0.1, -0.05) is 29.8 Å². The van der Waals surface area contributed by atoms with Crippen LogP contribution in [0.2, 0.25) is 5.02 Å². The summed E-state index contributed by atoms with van der Waals surface area (Å²) in [6.07, 6.45) is 1.47. The van der Waals surface area contributed by atoms with Gasteiger partial charge in [-0.15, -0.1) is 0 Å². The first-order chi connectivity index (χ1) is 11.0. The zero-order valence-corrected chi connectivity index (χ0v) is 14.5. The Hall–Kier alpha value is -2.29. The summed E-state index contributed by atoms with van der Waals surface area (Å²) in [5, 5.41) is 12.3. The van der Waals surface area contributed by atoms with Crippen LogP contribution in [0, 0.1) is 11.3 Å². The summed E-state index contributed by atoms with van der Waals surface area (Å²) in [7, 11) is 1.52. The number of ether oxygens (including phenoxy) is 1. The Kier molecular flexibility index (Phi) is 5.80. The summed E-state index contributed by atoms with van der Waals surface area (Å²) < 4.78 is 5.80. The smallest absolute Gasteiger partial charge is 0.266 e. The number of benzene rings is 2. The molecule has 0 aromatic heterocycles. The molecular formula is C17H12BrClN2O2. The average molecular weight is 392 g/mol. The zero-order chi connectivity index (χ0) is 16.8. The van der Waals surface area contributed by atoms with Gasteiger partial charge in [0.25, 0.3) is 5.91 Å². The summed E-state index contributed by atoms with van der Waals surface area (Å²) in [5.74, 6) is 0.0336. The van der Waals surface area contributed by atoms with E-state index in [1.54, 1.807) is 36.4 Å². The van der Waals surface area contributed by atoms with E-state index in [2.05, 4.69) is 21.2 Å². The Morgan fingerprint density at radius 3 is 2.70 bits per heavy atom. The van der Waals surface area contributed by atoms with E-state index >= 15 is 0 Å². The van der Waals surface area contributed by atoms with Gasteiger partial charge in [-0.3, -0.25) is 4.79 Å². The third-order valence-corrected chi connectivity index (χ3v) is 3.96. The SMILES string of the molecule is COc1ccc(C=C(C#N)C(=O)Nc2ccccc2Br)cc1Cl. The van der Waals surface area contributed by atoms with Gasteiger partial charge in [0.1, 0.15) is 17.4 Å². The van der Waals surface area contributed by atoms with Gasteiger partial charge in [0.15, 0.2) is 0 Å². The fraction of sp³-hybridized carbons (Fsp3) is 0.0588. The molecule has 0 unspecified atom stereocenters. The molecule has 0 aliphatic carbocycles. The summed E-state index contributed by atoms with van der Waals surface area (Å²) in [6, 6.07) is 14.1. The minimum absolute atomic E-state index is 0.0259. The van der Waals surface area contributed by atoms with Crippen LogP contribution in [-0.2, 0) is 4.79 Å². The fourth-order valence-electron chi connectivity index (χ4n) is 1.84. The van der Waals surface area contributed by atoms with Crippen LogP contribution >= 0.6 is 27.5 Å². The number of anilines is 1. The number of nitrogens with zero attached hydrogens (tertiary/aromatic N) is 1. The summed E-state index contributed by atoms with van der Waals surface area (Å²) in [6.45, 7) is 0. The lowest BCUT2D eigenvalue weighted by Gasteiger charge is -2.07. The van der Waals surface area contributed by atoms with E-state index in [-0.39, 0.29) is 5.57 Å². The maximum absolute atomic E-state index is 12.2. The van der Waals surface area contributed by atoms with Crippen molar-refractivity contribution in [2.24, 2.45) is 0 Å². The van der Waals surface area contributed by atoms with Crippen LogP contribution in [0.5, 0.6) is 5.75 Å². The number of hydrogen-bond acceptors (Lipinski definition) is 3. The highest BCUT2D eigenvalue weighted by atomic mass is 79.9. The summed E-state index contributed by atoms with van der Waals surface area (Å²) >= 11 is 9.38. The molecule has 0 atom stereocenters. The van der Waals surface area contributed by atoms with Crippen molar-refractivity contribution in [2.75, 3.05) is 12.4 Å². The molecule has 2 aromatic rings. The highest BCUT2D eigenvalue weighted by molar-refractivity contribution is 9.10. The van der Waals surface area contributed by atoms with Gasteiger partial charge in [-0.2, -0.15) is 5.26 Å². The molecule has 0 fully saturated rings. The van der Waals surface area contributed by atoms with Gasteiger partial charge in [0.2, 0.25) is 0 Å². The minimum Gasteiger partial charge on any atom is -0.495 e. The van der Waals surface area contributed by atoms with Crippen molar-refractivity contribution in [3.63, 3.8) is 0 Å². The summed E-state index contributed by atoms with van der Waals surface area (Å²) in [5.41, 5.74) is 1.20. The predicted molar refractivity (Wildman–Crippen MR) is 94.4 cm³/mol. The number of nitriles is 1. The van der Waals surface area contributed by atoms with Crippen molar-refractivity contribution in [3.05, 3.63) is 63.1 Å². The van der Waals surface area contributed by atoms with Crippen molar-refractivity contribution < 1.29 is 9.53 Å². The van der Waals surface area contributed by atoms with Crippen LogP contribution in [0.4, 0.5) is 5.69 Å². The molecule has 23 heavy (non-hydrogen) atoms. The molecule has 0 saturated heterocycles. The molecule has 116 valence electrons. The first-order valence-corrected chi connectivity index (χ1v) is 7.73. The Labute approximate surface area is 147 Å². The van der Waals surface area contributed by atoms with E-state index in [9.17, 15) is 10.1 Å². The molecule has 1 N–H and O–H groups in total. The molecule has 0 saturated carbocycles. The van der Waals surface area contributed by atoms with E-state index < -0.39 is 5.91 Å². The van der Waals surface area contributed by atoms with Crippen molar-refractivity contribution in [3.8, 4) is 11.8 Å². The number of rotatable bonds is 4. The Bertz CT molecular complexity index is 812. The maximum Gasteiger partial charge on any atom is 0.266 e. The van der Waals surface area contributed by atoms with Gasteiger partial charge in [-0.05, 0) is 51.8 Å². The van der Waals surface area contributed by atoms with E-state index in [1.807, 2.05) is 12.1 Å². The van der Waals surface area contributed by atoms with Crippen LogP contribution in [-0.4, -0.2) is 13.0 Å². The first-order valence-electron chi connectivity index (χ1n) is 6.56. The highest BCUT2D eigenvalue weighted by Crippen LogP contribution is 2.26. The highest BCUT2D eigenvalue weighted by Gasteiger charge is 2.11. The molecule has 6 heteroatoms. The van der Waals surface area contributed by atoms with Crippen molar-refractivity contribution in [1.82, 2.24) is 0 Å². The summed E-state index contributed by atoms with van der Waals surface area (Å²) in [4.78, 5) is 12.2.